The molecule has 9 heteroatoms. The number of alkyl halides is 3. The van der Waals surface area contributed by atoms with Gasteiger partial charge in [-0.3, -0.25) is 4.79 Å². The Hall–Kier alpha value is -2.71. The van der Waals surface area contributed by atoms with E-state index in [-0.39, 0.29) is 12.1 Å². The minimum atomic E-state index is -4.80. The minimum Gasteiger partial charge on any atom is -0.478 e. The summed E-state index contributed by atoms with van der Waals surface area (Å²) in [6.45, 7) is 1.52. The van der Waals surface area contributed by atoms with Crippen molar-refractivity contribution in [3.05, 3.63) is 41.6 Å². The molecule has 0 saturated heterocycles. The second-order valence-corrected chi connectivity index (χ2v) is 5.16. The Morgan fingerprint density at radius 1 is 1.38 bits per heavy atom. The molecule has 0 bridgehead atoms. The maximum atomic E-state index is 12.2. The second-order valence-electron chi connectivity index (χ2n) is 5.16. The second kappa shape index (κ2) is 6.42. The van der Waals surface area contributed by atoms with E-state index >= 15 is 0 Å². The van der Waals surface area contributed by atoms with Gasteiger partial charge in [-0.15, -0.1) is 13.2 Å². The smallest absolute Gasteiger partial charge is 0.478 e. The lowest BCUT2D eigenvalue weighted by Crippen LogP contribution is -2.23. The van der Waals surface area contributed by atoms with Crippen LogP contribution in [0.3, 0.4) is 0 Å². The Bertz CT molecular complexity index is 720. The van der Waals surface area contributed by atoms with Crippen LogP contribution < -0.4 is 14.8 Å². The predicted molar refractivity (Wildman–Crippen MR) is 76.6 cm³/mol. The Labute approximate surface area is 135 Å². The standard InChI is InChI=1S/C15H14F3N3O3/c16-15(17,18)24-12-4-1-3-10(7-12)14(22)19-9-11-8-13-21(20-11)5-2-6-23-13/h1,3-4,7-8H,2,5-6,9H2,(H,19,22). The molecule has 1 aliphatic heterocycles. The van der Waals surface area contributed by atoms with Crippen molar-refractivity contribution in [1.29, 1.82) is 0 Å². The summed E-state index contributed by atoms with van der Waals surface area (Å²) in [4.78, 5) is 12.1. The maximum absolute atomic E-state index is 12.2. The van der Waals surface area contributed by atoms with Crippen molar-refractivity contribution in [2.24, 2.45) is 0 Å². The quantitative estimate of drug-likeness (QED) is 0.928. The summed E-state index contributed by atoms with van der Waals surface area (Å²) < 4.78 is 47.6. The Balaban J connectivity index is 1.62. The maximum Gasteiger partial charge on any atom is 0.573 e. The Morgan fingerprint density at radius 3 is 2.96 bits per heavy atom. The summed E-state index contributed by atoms with van der Waals surface area (Å²) in [7, 11) is 0. The topological polar surface area (TPSA) is 65.4 Å². The molecule has 1 aromatic heterocycles. The van der Waals surface area contributed by atoms with Crippen LogP contribution in [0.4, 0.5) is 13.2 Å². The van der Waals surface area contributed by atoms with Gasteiger partial charge in [0.15, 0.2) is 0 Å². The van der Waals surface area contributed by atoms with E-state index in [0.717, 1.165) is 25.1 Å². The lowest BCUT2D eigenvalue weighted by molar-refractivity contribution is -0.274. The van der Waals surface area contributed by atoms with Gasteiger partial charge in [-0.05, 0) is 18.2 Å². The van der Waals surface area contributed by atoms with Gasteiger partial charge in [0.2, 0.25) is 5.88 Å². The number of rotatable bonds is 4. The van der Waals surface area contributed by atoms with Crippen LogP contribution in [-0.2, 0) is 13.1 Å². The molecule has 1 aromatic carbocycles. The molecule has 0 fully saturated rings. The molecule has 1 aliphatic rings. The highest BCUT2D eigenvalue weighted by Gasteiger charge is 2.31. The number of nitrogens with one attached hydrogen (secondary N) is 1. The van der Waals surface area contributed by atoms with Gasteiger partial charge in [-0.1, -0.05) is 6.07 Å². The third kappa shape index (κ3) is 3.98. The number of benzene rings is 1. The fraction of sp³-hybridized carbons (Fsp3) is 0.333. The van der Waals surface area contributed by atoms with Gasteiger partial charge in [0.25, 0.3) is 5.91 Å². The van der Waals surface area contributed by atoms with E-state index in [1.807, 2.05) is 0 Å². The molecule has 2 heterocycles. The van der Waals surface area contributed by atoms with E-state index in [2.05, 4.69) is 15.2 Å². The molecule has 1 N–H and O–H groups in total. The molecule has 128 valence electrons. The number of hydrogen-bond acceptors (Lipinski definition) is 4. The molecule has 24 heavy (non-hydrogen) atoms. The molecule has 6 nitrogen and oxygen atoms in total. The van der Waals surface area contributed by atoms with Crippen LogP contribution in [0.25, 0.3) is 0 Å². The van der Waals surface area contributed by atoms with Gasteiger partial charge < -0.3 is 14.8 Å². The molecule has 0 atom stereocenters. The van der Waals surface area contributed by atoms with Crippen LogP contribution in [0.1, 0.15) is 22.5 Å². The van der Waals surface area contributed by atoms with Crippen LogP contribution in [0, 0.1) is 0 Å². The number of carbonyl (C=O) groups is 1. The first-order valence-corrected chi connectivity index (χ1v) is 7.24. The zero-order chi connectivity index (χ0) is 17.2. The lowest BCUT2D eigenvalue weighted by Gasteiger charge is -2.13. The average Bonchev–Trinajstić information content (AvgIpc) is 2.94. The van der Waals surface area contributed by atoms with E-state index in [9.17, 15) is 18.0 Å². The number of amides is 1. The van der Waals surface area contributed by atoms with Crippen LogP contribution in [0.15, 0.2) is 30.3 Å². The van der Waals surface area contributed by atoms with E-state index in [1.165, 1.54) is 12.1 Å². The van der Waals surface area contributed by atoms with Gasteiger partial charge in [0.1, 0.15) is 5.75 Å². The van der Waals surface area contributed by atoms with Crippen molar-refractivity contribution < 1.29 is 27.4 Å². The molecule has 0 radical (unpaired) electrons. The first-order valence-electron chi connectivity index (χ1n) is 7.24. The largest absolute Gasteiger partial charge is 0.573 e. The third-order valence-corrected chi connectivity index (χ3v) is 3.32. The zero-order valence-corrected chi connectivity index (χ0v) is 12.5. The third-order valence-electron chi connectivity index (χ3n) is 3.32. The predicted octanol–water partition coefficient (Wildman–Crippen LogP) is 2.49. The highest BCUT2D eigenvalue weighted by molar-refractivity contribution is 5.94. The Morgan fingerprint density at radius 2 is 2.21 bits per heavy atom. The van der Waals surface area contributed by atoms with Crippen LogP contribution >= 0.6 is 0 Å². The summed E-state index contributed by atoms with van der Waals surface area (Å²) >= 11 is 0. The molecule has 0 spiro atoms. The molecule has 0 saturated carbocycles. The monoisotopic (exact) mass is 341 g/mol. The van der Waals surface area contributed by atoms with Crippen molar-refractivity contribution in [3.63, 3.8) is 0 Å². The number of hydrogen-bond donors (Lipinski definition) is 1. The fourth-order valence-electron chi connectivity index (χ4n) is 2.31. The summed E-state index contributed by atoms with van der Waals surface area (Å²) in [6.07, 6.45) is -3.93. The average molecular weight is 341 g/mol. The van der Waals surface area contributed by atoms with Crippen LogP contribution in [-0.4, -0.2) is 28.7 Å². The van der Waals surface area contributed by atoms with Crippen molar-refractivity contribution in [2.45, 2.75) is 25.9 Å². The van der Waals surface area contributed by atoms with Crippen LogP contribution in [0.5, 0.6) is 11.6 Å². The summed E-state index contributed by atoms with van der Waals surface area (Å²) in [6, 6.07) is 6.61. The van der Waals surface area contributed by atoms with Crippen molar-refractivity contribution in [1.82, 2.24) is 15.1 Å². The number of carbonyl (C=O) groups excluding carboxylic acids is 1. The summed E-state index contributed by atoms with van der Waals surface area (Å²) in [5.41, 5.74) is 0.680. The van der Waals surface area contributed by atoms with Gasteiger partial charge in [-0.25, -0.2) is 4.68 Å². The molecule has 0 unspecified atom stereocenters. The number of fused-ring (bicyclic) bond motifs is 1. The fourth-order valence-corrected chi connectivity index (χ4v) is 2.31. The number of halogens is 3. The normalized spacial score (nSPS) is 13.8. The number of nitrogens with zero attached hydrogens (tertiary/aromatic N) is 2. The molecule has 1 amide bonds. The minimum absolute atomic E-state index is 0.0666. The number of ether oxygens (including phenoxy) is 2. The Kier molecular flexibility index (Phi) is 4.32. The van der Waals surface area contributed by atoms with E-state index in [0.29, 0.717) is 18.2 Å². The van der Waals surface area contributed by atoms with Gasteiger partial charge in [-0.2, -0.15) is 5.10 Å². The molecule has 0 aliphatic carbocycles. The first kappa shape index (κ1) is 16.2. The number of aryl methyl sites for hydroxylation is 1. The van der Waals surface area contributed by atoms with Gasteiger partial charge >= 0.3 is 6.36 Å². The van der Waals surface area contributed by atoms with Gasteiger partial charge in [0, 0.05) is 24.6 Å². The van der Waals surface area contributed by atoms with Gasteiger partial charge in [0.05, 0.1) is 18.8 Å². The molecular weight excluding hydrogens is 327 g/mol. The van der Waals surface area contributed by atoms with Crippen molar-refractivity contribution in [2.75, 3.05) is 6.61 Å². The van der Waals surface area contributed by atoms with Crippen molar-refractivity contribution >= 4 is 5.91 Å². The summed E-state index contributed by atoms with van der Waals surface area (Å²) in [5, 5.41) is 6.89. The van der Waals surface area contributed by atoms with Crippen LogP contribution in [0.2, 0.25) is 0 Å². The SMILES string of the molecule is O=C(NCc1cc2n(n1)CCCO2)c1cccc(OC(F)(F)F)c1. The lowest BCUT2D eigenvalue weighted by atomic mass is 10.2. The van der Waals surface area contributed by atoms with Crippen molar-refractivity contribution in [3.8, 4) is 11.6 Å². The van der Waals surface area contributed by atoms with E-state index < -0.39 is 18.0 Å². The summed E-state index contributed by atoms with van der Waals surface area (Å²) in [5.74, 6) is -0.318. The van der Waals surface area contributed by atoms with E-state index in [1.54, 1.807) is 10.7 Å². The molecule has 3 rings (SSSR count). The zero-order valence-electron chi connectivity index (χ0n) is 12.5. The van der Waals surface area contributed by atoms with E-state index in [4.69, 9.17) is 4.74 Å². The molecule has 2 aromatic rings. The highest BCUT2D eigenvalue weighted by atomic mass is 19.4. The first-order chi connectivity index (χ1) is 11.4. The molecular formula is C15H14F3N3O3. The highest BCUT2D eigenvalue weighted by Crippen LogP contribution is 2.23. The number of aromatic nitrogens is 2.